The molecule has 1 atom stereocenters. The van der Waals surface area contributed by atoms with Crippen molar-refractivity contribution in [3.05, 3.63) is 16.7 Å². The highest BCUT2D eigenvalue weighted by Crippen LogP contribution is 2.23. The molecule has 6 nitrogen and oxygen atoms in total. The minimum atomic E-state index is -0.451. The molecule has 0 aliphatic heterocycles. The number of carbonyl (C=O) groups excluding carboxylic acids is 1. The van der Waals surface area contributed by atoms with E-state index in [0.717, 1.165) is 4.47 Å². The predicted molar refractivity (Wildman–Crippen MR) is 82.2 cm³/mol. The molecule has 2 aromatic rings. The summed E-state index contributed by atoms with van der Waals surface area (Å²) in [6, 6.07) is 1.38. The number of halogens is 1. The monoisotopic (exact) mass is 339 g/mol. The fraction of sp³-hybridized carbons (Fsp3) is 0.462. The second-order valence-corrected chi connectivity index (χ2v) is 6.07. The number of hydrogen-bond donors (Lipinski definition) is 2. The molecule has 0 fully saturated rings. The number of pyridine rings is 1. The molecule has 2 heterocycles. The van der Waals surface area contributed by atoms with Crippen LogP contribution in [0.3, 0.4) is 0 Å². The Hall–Kier alpha value is -1.63. The summed E-state index contributed by atoms with van der Waals surface area (Å²) in [5.74, 6) is 0.601. The van der Waals surface area contributed by atoms with Crippen molar-refractivity contribution in [1.29, 1.82) is 0 Å². The average Bonchev–Trinajstić information content (AvgIpc) is 2.69. The number of rotatable bonds is 4. The topological polar surface area (TPSA) is 85.8 Å². The quantitative estimate of drug-likeness (QED) is 0.893. The first kappa shape index (κ1) is 14.8. The molecule has 0 bridgehead atoms. The van der Waals surface area contributed by atoms with Crippen molar-refractivity contribution < 1.29 is 4.79 Å². The standard InChI is InChI=1S/C13H18BrN5O/c1-7(2)5-17-12(20)8(3)19-11-10(18-13(19)15)4-9(14)6-16-11/h4,6-8H,5H2,1-3H3,(H2,15,18)(H,17,20). The first-order valence-electron chi connectivity index (χ1n) is 6.46. The van der Waals surface area contributed by atoms with E-state index in [1.54, 1.807) is 17.7 Å². The number of hydrogen-bond acceptors (Lipinski definition) is 4. The minimum absolute atomic E-state index is 0.0885. The highest BCUT2D eigenvalue weighted by molar-refractivity contribution is 9.10. The largest absolute Gasteiger partial charge is 0.369 e. The van der Waals surface area contributed by atoms with Crippen LogP contribution in [-0.2, 0) is 4.79 Å². The molecule has 7 heteroatoms. The summed E-state index contributed by atoms with van der Waals surface area (Å²) < 4.78 is 2.48. The summed E-state index contributed by atoms with van der Waals surface area (Å²) in [5.41, 5.74) is 7.19. The van der Waals surface area contributed by atoms with Crippen molar-refractivity contribution >= 4 is 38.9 Å². The Kier molecular flexibility index (Phi) is 4.27. The number of carbonyl (C=O) groups is 1. The van der Waals surface area contributed by atoms with Crippen molar-refractivity contribution in [2.45, 2.75) is 26.8 Å². The van der Waals surface area contributed by atoms with Crippen molar-refractivity contribution in [1.82, 2.24) is 19.9 Å². The number of fused-ring (bicyclic) bond motifs is 1. The summed E-state index contributed by atoms with van der Waals surface area (Å²) in [6.07, 6.45) is 1.67. The summed E-state index contributed by atoms with van der Waals surface area (Å²) >= 11 is 3.34. The summed E-state index contributed by atoms with van der Waals surface area (Å²) in [4.78, 5) is 20.7. The highest BCUT2D eigenvalue weighted by atomic mass is 79.9. The van der Waals surface area contributed by atoms with Gasteiger partial charge < -0.3 is 11.1 Å². The lowest BCUT2D eigenvalue weighted by Gasteiger charge is -2.16. The normalized spacial score (nSPS) is 12.8. The molecule has 0 saturated heterocycles. The number of nitrogens with zero attached hydrogens (tertiary/aromatic N) is 3. The van der Waals surface area contributed by atoms with Crippen molar-refractivity contribution in [2.24, 2.45) is 5.92 Å². The van der Waals surface area contributed by atoms with E-state index in [1.807, 2.05) is 19.9 Å². The van der Waals surface area contributed by atoms with Gasteiger partial charge in [0.25, 0.3) is 0 Å². The Morgan fingerprint density at radius 3 is 2.85 bits per heavy atom. The number of amides is 1. The third-order valence-electron chi connectivity index (χ3n) is 2.98. The second-order valence-electron chi connectivity index (χ2n) is 5.15. The molecule has 108 valence electrons. The molecule has 0 radical (unpaired) electrons. The van der Waals surface area contributed by atoms with Crippen LogP contribution >= 0.6 is 15.9 Å². The number of nitrogens with two attached hydrogens (primary N) is 1. The molecule has 0 spiro atoms. The SMILES string of the molecule is CC(C)CNC(=O)C(C)n1c(N)nc2cc(Br)cnc21. The van der Waals surface area contributed by atoms with Gasteiger partial charge in [0, 0.05) is 17.2 Å². The molecule has 0 saturated carbocycles. The number of nitrogen functional groups attached to an aromatic ring is 1. The summed E-state index contributed by atoms with van der Waals surface area (Å²) in [7, 11) is 0. The fourth-order valence-electron chi connectivity index (χ4n) is 1.93. The maximum Gasteiger partial charge on any atom is 0.242 e. The van der Waals surface area contributed by atoms with Gasteiger partial charge in [0.1, 0.15) is 11.6 Å². The zero-order chi connectivity index (χ0) is 14.9. The molecule has 0 aliphatic carbocycles. The second kappa shape index (κ2) is 5.78. The van der Waals surface area contributed by atoms with Crippen LogP contribution in [0.1, 0.15) is 26.8 Å². The molecule has 0 aliphatic rings. The maximum atomic E-state index is 12.2. The predicted octanol–water partition coefficient (Wildman–Crippen LogP) is 2.11. The Labute approximate surface area is 125 Å². The molecular formula is C13H18BrN5O. The van der Waals surface area contributed by atoms with Gasteiger partial charge in [-0.1, -0.05) is 13.8 Å². The van der Waals surface area contributed by atoms with Gasteiger partial charge in [-0.25, -0.2) is 9.97 Å². The van der Waals surface area contributed by atoms with Gasteiger partial charge in [-0.2, -0.15) is 0 Å². The number of aromatic nitrogens is 3. The van der Waals surface area contributed by atoms with E-state index in [4.69, 9.17) is 5.73 Å². The van der Waals surface area contributed by atoms with E-state index in [1.165, 1.54) is 0 Å². The lowest BCUT2D eigenvalue weighted by atomic mass is 10.2. The van der Waals surface area contributed by atoms with E-state index >= 15 is 0 Å². The third kappa shape index (κ3) is 2.92. The first-order valence-corrected chi connectivity index (χ1v) is 7.26. The fourth-order valence-corrected chi connectivity index (χ4v) is 2.25. The first-order chi connectivity index (χ1) is 9.40. The third-order valence-corrected chi connectivity index (χ3v) is 3.41. The van der Waals surface area contributed by atoms with E-state index in [0.29, 0.717) is 23.6 Å². The molecule has 3 N–H and O–H groups in total. The van der Waals surface area contributed by atoms with Crippen LogP contribution < -0.4 is 11.1 Å². The number of anilines is 1. The maximum absolute atomic E-state index is 12.2. The molecule has 2 aromatic heterocycles. The zero-order valence-corrected chi connectivity index (χ0v) is 13.3. The Bertz CT molecular complexity index is 637. The van der Waals surface area contributed by atoms with Gasteiger partial charge in [0.15, 0.2) is 5.65 Å². The van der Waals surface area contributed by atoms with Crippen LogP contribution in [0.4, 0.5) is 5.95 Å². The van der Waals surface area contributed by atoms with E-state index in [2.05, 4.69) is 31.2 Å². The average molecular weight is 340 g/mol. The van der Waals surface area contributed by atoms with Gasteiger partial charge in [-0.05, 0) is 34.8 Å². The molecule has 1 unspecified atom stereocenters. The molecule has 2 rings (SSSR count). The zero-order valence-electron chi connectivity index (χ0n) is 11.7. The van der Waals surface area contributed by atoms with Crippen LogP contribution in [0.5, 0.6) is 0 Å². The highest BCUT2D eigenvalue weighted by Gasteiger charge is 2.21. The Balaban J connectivity index is 2.32. The lowest BCUT2D eigenvalue weighted by Crippen LogP contribution is -2.33. The van der Waals surface area contributed by atoms with Crippen LogP contribution in [-0.4, -0.2) is 27.0 Å². The van der Waals surface area contributed by atoms with Gasteiger partial charge in [0.05, 0.1) is 0 Å². The van der Waals surface area contributed by atoms with E-state index < -0.39 is 6.04 Å². The minimum Gasteiger partial charge on any atom is -0.369 e. The van der Waals surface area contributed by atoms with Crippen LogP contribution in [0.15, 0.2) is 16.7 Å². The number of imidazole rings is 1. The molecule has 0 aromatic carbocycles. The molecular weight excluding hydrogens is 322 g/mol. The van der Waals surface area contributed by atoms with E-state index in [9.17, 15) is 4.79 Å². The van der Waals surface area contributed by atoms with Crippen LogP contribution in [0.2, 0.25) is 0 Å². The molecule has 20 heavy (non-hydrogen) atoms. The summed E-state index contributed by atoms with van der Waals surface area (Å²) in [6.45, 7) is 6.52. The Morgan fingerprint density at radius 2 is 2.20 bits per heavy atom. The van der Waals surface area contributed by atoms with Gasteiger partial charge in [-0.3, -0.25) is 9.36 Å². The smallest absolute Gasteiger partial charge is 0.242 e. The van der Waals surface area contributed by atoms with Crippen LogP contribution in [0.25, 0.3) is 11.2 Å². The van der Waals surface area contributed by atoms with Crippen molar-refractivity contribution in [2.75, 3.05) is 12.3 Å². The number of nitrogens with one attached hydrogen (secondary N) is 1. The Morgan fingerprint density at radius 1 is 1.50 bits per heavy atom. The van der Waals surface area contributed by atoms with Crippen molar-refractivity contribution in [3.63, 3.8) is 0 Å². The molecule has 1 amide bonds. The van der Waals surface area contributed by atoms with Crippen molar-refractivity contribution in [3.8, 4) is 0 Å². The van der Waals surface area contributed by atoms with Gasteiger partial charge >= 0.3 is 0 Å². The summed E-state index contributed by atoms with van der Waals surface area (Å²) in [5, 5.41) is 2.89. The van der Waals surface area contributed by atoms with E-state index in [-0.39, 0.29) is 11.9 Å². The van der Waals surface area contributed by atoms with Gasteiger partial charge in [-0.15, -0.1) is 0 Å². The van der Waals surface area contributed by atoms with Gasteiger partial charge in [0.2, 0.25) is 11.9 Å². The lowest BCUT2D eigenvalue weighted by molar-refractivity contribution is -0.123. The van der Waals surface area contributed by atoms with Crippen LogP contribution in [0, 0.1) is 5.92 Å².